The van der Waals surface area contributed by atoms with E-state index in [1.54, 1.807) is 0 Å². The van der Waals surface area contributed by atoms with Crippen molar-refractivity contribution in [2.24, 2.45) is 5.92 Å². The molecule has 2 N–H and O–H groups in total. The van der Waals surface area contributed by atoms with Crippen LogP contribution in [0.3, 0.4) is 0 Å². The molecule has 4 atom stereocenters. The van der Waals surface area contributed by atoms with Crippen molar-refractivity contribution in [2.75, 3.05) is 6.54 Å². The second kappa shape index (κ2) is 5.69. The summed E-state index contributed by atoms with van der Waals surface area (Å²) >= 11 is 0. The van der Waals surface area contributed by atoms with Crippen LogP contribution < -0.4 is 10.6 Å². The zero-order chi connectivity index (χ0) is 14.2. The van der Waals surface area contributed by atoms with E-state index in [1.807, 2.05) is 0 Å². The van der Waals surface area contributed by atoms with E-state index in [9.17, 15) is 0 Å². The molecule has 1 aromatic rings. The van der Waals surface area contributed by atoms with Crippen molar-refractivity contribution >= 4 is 0 Å². The van der Waals surface area contributed by atoms with Gasteiger partial charge in [0.1, 0.15) is 11.6 Å². The normalized spacial score (nSPS) is 33.5. The van der Waals surface area contributed by atoms with E-state index in [0.717, 1.165) is 30.7 Å². The lowest BCUT2D eigenvalue weighted by atomic mass is 9.92. The number of hydrogen-bond donors (Lipinski definition) is 2. The van der Waals surface area contributed by atoms with Crippen molar-refractivity contribution in [3.8, 4) is 0 Å². The van der Waals surface area contributed by atoms with Crippen LogP contribution in [0.2, 0.25) is 0 Å². The maximum Gasteiger partial charge on any atom is 0.149 e. The van der Waals surface area contributed by atoms with E-state index >= 15 is 0 Å². The zero-order valence-electron chi connectivity index (χ0n) is 13.0. The lowest BCUT2D eigenvalue weighted by Crippen LogP contribution is -2.43. The van der Waals surface area contributed by atoms with Gasteiger partial charge < -0.3 is 15.2 Å². The predicted molar refractivity (Wildman–Crippen MR) is 82.0 cm³/mol. The molecule has 0 radical (unpaired) electrons. The first-order chi connectivity index (χ1) is 10.3. The van der Waals surface area contributed by atoms with E-state index in [2.05, 4.69) is 32.3 Å². The van der Waals surface area contributed by atoms with E-state index in [1.165, 1.54) is 50.9 Å². The van der Waals surface area contributed by atoms with Gasteiger partial charge >= 0.3 is 0 Å². The molecule has 3 heterocycles. The summed E-state index contributed by atoms with van der Waals surface area (Å²) in [7, 11) is 0. The molecule has 0 spiro atoms. The Bertz CT molecular complexity index is 491. The van der Waals surface area contributed by atoms with Gasteiger partial charge in [-0.15, -0.1) is 10.2 Å². The Morgan fingerprint density at radius 1 is 1.19 bits per heavy atom. The number of fused-ring (bicyclic) bond motifs is 1. The number of aryl methyl sites for hydroxylation is 1. The molecule has 1 saturated heterocycles. The smallest absolute Gasteiger partial charge is 0.149 e. The lowest BCUT2D eigenvalue weighted by Gasteiger charge is -2.29. The fraction of sp³-hybridized carbons (Fsp3) is 0.875. The predicted octanol–water partition coefficient (Wildman–Crippen LogP) is 1.80. The minimum Gasteiger partial charge on any atom is -0.314 e. The molecule has 0 aromatic carbocycles. The van der Waals surface area contributed by atoms with Crippen molar-refractivity contribution in [2.45, 2.75) is 76.5 Å². The van der Waals surface area contributed by atoms with Crippen LogP contribution in [-0.2, 0) is 13.0 Å². The molecule has 2 aliphatic heterocycles. The lowest BCUT2D eigenvalue weighted by molar-refractivity contribution is 0.298. The quantitative estimate of drug-likeness (QED) is 0.887. The van der Waals surface area contributed by atoms with E-state index in [0.29, 0.717) is 12.1 Å². The van der Waals surface area contributed by atoms with Crippen LogP contribution in [0.15, 0.2) is 0 Å². The molecule has 5 heteroatoms. The molecular formula is C16H27N5. The molecular weight excluding hydrogens is 262 g/mol. The first-order valence-corrected chi connectivity index (χ1v) is 8.74. The summed E-state index contributed by atoms with van der Waals surface area (Å²) in [4.78, 5) is 0. The molecule has 0 bridgehead atoms. The molecule has 116 valence electrons. The molecule has 4 unspecified atom stereocenters. The molecule has 1 aromatic heterocycles. The molecule has 2 fully saturated rings. The van der Waals surface area contributed by atoms with Gasteiger partial charge in [-0.25, -0.2) is 0 Å². The summed E-state index contributed by atoms with van der Waals surface area (Å²) in [6.07, 6.45) is 9.08. The molecule has 21 heavy (non-hydrogen) atoms. The van der Waals surface area contributed by atoms with Gasteiger partial charge in [0.05, 0.1) is 6.04 Å². The molecule has 5 nitrogen and oxygen atoms in total. The van der Waals surface area contributed by atoms with Gasteiger partial charge in [-0.05, 0) is 51.5 Å². The number of aromatic nitrogens is 3. The van der Waals surface area contributed by atoms with Crippen molar-refractivity contribution < 1.29 is 0 Å². The topological polar surface area (TPSA) is 54.8 Å². The van der Waals surface area contributed by atoms with Crippen LogP contribution in [0.1, 0.15) is 63.1 Å². The number of hydrogen-bond acceptors (Lipinski definition) is 4. The van der Waals surface area contributed by atoms with Gasteiger partial charge in [-0.2, -0.15) is 0 Å². The van der Waals surface area contributed by atoms with Crippen molar-refractivity contribution in [3.05, 3.63) is 11.6 Å². The summed E-state index contributed by atoms with van der Waals surface area (Å²) in [5.74, 6) is 3.13. The fourth-order valence-electron chi connectivity index (χ4n) is 4.64. The fourth-order valence-corrected chi connectivity index (χ4v) is 4.64. The Hall–Kier alpha value is -0.940. The third kappa shape index (κ3) is 2.50. The SMILES string of the molecule is CC(NC1CCCC1C1CCCN1)c1nnc2n1CCC2. The second-order valence-electron chi connectivity index (χ2n) is 7.02. The molecule has 1 aliphatic carbocycles. The highest BCUT2D eigenvalue weighted by molar-refractivity contribution is 5.05. The molecule has 4 rings (SSSR count). The summed E-state index contributed by atoms with van der Waals surface area (Å²) < 4.78 is 2.33. The Labute approximate surface area is 126 Å². The number of rotatable bonds is 4. The first-order valence-electron chi connectivity index (χ1n) is 8.74. The minimum atomic E-state index is 0.316. The molecule has 1 saturated carbocycles. The Kier molecular flexibility index (Phi) is 3.71. The maximum absolute atomic E-state index is 4.44. The van der Waals surface area contributed by atoms with Crippen LogP contribution in [0, 0.1) is 5.92 Å². The summed E-state index contributed by atoms with van der Waals surface area (Å²) in [5.41, 5.74) is 0. The minimum absolute atomic E-state index is 0.316. The number of nitrogens with zero attached hydrogens (tertiary/aromatic N) is 3. The van der Waals surface area contributed by atoms with Crippen LogP contribution in [-0.4, -0.2) is 33.4 Å². The average Bonchev–Trinajstić information content (AvgIpc) is 3.23. The highest BCUT2D eigenvalue weighted by Crippen LogP contribution is 2.33. The van der Waals surface area contributed by atoms with Crippen LogP contribution in [0.5, 0.6) is 0 Å². The Balaban J connectivity index is 1.44. The van der Waals surface area contributed by atoms with E-state index in [4.69, 9.17) is 0 Å². The van der Waals surface area contributed by atoms with Crippen LogP contribution in [0.25, 0.3) is 0 Å². The van der Waals surface area contributed by atoms with Crippen LogP contribution in [0.4, 0.5) is 0 Å². The summed E-state index contributed by atoms with van der Waals surface area (Å²) in [6, 6.07) is 1.70. The monoisotopic (exact) mass is 289 g/mol. The Morgan fingerprint density at radius 3 is 3.00 bits per heavy atom. The average molecular weight is 289 g/mol. The highest BCUT2D eigenvalue weighted by Gasteiger charge is 2.36. The van der Waals surface area contributed by atoms with Crippen molar-refractivity contribution in [1.82, 2.24) is 25.4 Å². The largest absolute Gasteiger partial charge is 0.314 e. The van der Waals surface area contributed by atoms with E-state index < -0.39 is 0 Å². The van der Waals surface area contributed by atoms with Gasteiger partial charge in [-0.3, -0.25) is 0 Å². The van der Waals surface area contributed by atoms with Gasteiger partial charge in [0.15, 0.2) is 0 Å². The highest BCUT2D eigenvalue weighted by atomic mass is 15.3. The first kappa shape index (κ1) is 13.7. The Morgan fingerprint density at radius 2 is 2.14 bits per heavy atom. The van der Waals surface area contributed by atoms with Gasteiger partial charge in [0.25, 0.3) is 0 Å². The molecule has 0 amide bonds. The summed E-state index contributed by atoms with van der Waals surface area (Å²) in [6.45, 7) is 4.57. The van der Waals surface area contributed by atoms with Crippen LogP contribution >= 0.6 is 0 Å². The third-order valence-electron chi connectivity index (χ3n) is 5.67. The van der Waals surface area contributed by atoms with Gasteiger partial charge in [0, 0.05) is 25.0 Å². The standard InChI is InChI=1S/C16H27N5/c1-11(16-20-19-15-8-4-10-21(15)16)18-14-6-2-5-12(14)13-7-3-9-17-13/h11-14,17-18H,2-10H2,1H3. The maximum atomic E-state index is 4.44. The molecule has 3 aliphatic rings. The van der Waals surface area contributed by atoms with E-state index in [-0.39, 0.29) is 0 Å². The summed E-state index contributed by atoms with van der Waals surface area (Å²) in [5, 5.41) is 16.4. The van der Waals surface area contributed by atoms with Crippen molar-refractivity contribution in [1.29, 1.82) is 0 Å². The van der Waals surface area contributed by atoms with Gasteiger partial charge in [0.2, 0.25) is 0 Å². The number of nitrogens with one attached hydrogen (secondary N) is 2. The zero-order valence-corrected chi connectivity index (χ0v) is 13.0. The van der Waals surface area contributed by atoms with Crippen molar-refractivity contribution in [3.63, 3.8) is 0 Å². The van der Waals surface area contributed by atoms with Gasteiger partial charge in [-0.1, -0.05) is 6.42 Å². The second-order valence-corrected chi connectivity index (χ2v) is 7.02. The third-order valence-corrected chi connectivity index (χ3v) is 5.67.